The second-order valence-corrected chi connectivity index (χ2v) is 7.41. The van der Waals surface area contributed by atoms with Crippen molar-refractivity contribution in [2.75, 3.05) is 19.6 Å². The number of halogens is 1. The number of rotatable bonds is 8. The molecular formula is C22H35IN6O. The van der Waals surface area contributed by atoms with Crippen LogP contribution in [-0.4, -0.2) is 47.3 Å². The van der Waals surface area contributed by atoms with E-state index < -0.39 is 0 Å². The predicted octanol–water partition coefficient (Wildman–Crippen LogP) is 2.88. The van der Waals surface area contributed by atoms with Crippen LogP contribution >= 0.6 is 24.0 Å². The molecule has 0 bridgehead atoms. The highest BCUT2D eigenvalue weighted by atomic mass is 127. The third-order valence-electron chi connectivity index (χ3n) is 4.84. The van der Waals surface area contributed by atoms with E-state index in [0.29, 0.717) is 18.7 Å². The van der Waals surface area contributed by atoms with Gasteiger partial charge in [0.1, 0.15) is 0 Å². The van der Waals surface area contributed by atoms with E-state index in [1.165, 1.54) is 11.3 Å². The first-order valence-electron chi connectivity index (χ1n) is 10.2. The number of carbonyl (C=O) groups is 1. The number of nitrogens with one attached hydrogen (secondary N) is 3. The Hall–Kier alpha value is -2.10. The Morgan fingerprint density at radius 2 is 1.97 bits per heavy atom. The molecule has 3 N–H and O–H groups in total. The summed E-state index contributed by atoms with van der Waals surface area (Å²) in [6.45, 7) is 12.1. The highest BCUT2D eigenvalue weighted by Crippen LogP contribution is 2.14. The quantitative estimate of drug-likeness (QED) is 0.214. The van der Waals surface area contributed by atoms with Gasteiger partial charge in [-0.2, -0.15) is 5.10 Å². The van der Waals surface area contributed by atoms with Gasteiger partial charge in [-0.1, -0.05) is 17.7 Å². The molecule has 1 atom stereocenters. The molecule has 1 heterocycles. The summed E-state index contributed by atoms with van der Waals surface area (Å²) in [5.74, 6) is 0.682. The average Bonchev–Trinajstić information content (AvgIpc) is 2.91. The van der Waals surface area contributed by atoms with Crippen LogP contribution in [0.15, 0.2) is 29.3 Å². The Labute approximate surface area is 197 Å². The summed E-state index contributed by atoms with van der Waals surface area (Å²) in [5, 5.41) is 14.1. The molecule has 0 spiro atoms. The first kappa shape index (κ1) is 25.9. The number of nitrogens with zero attached hydrogens (tertiary/aromatic N) is 3. The molecule has 0 saturated carbocycles. The van der Waals surface area contributed by atoms with Crippen LogP contribution in [0, 0.1) is 20.8 Å². The summed E-state index contributed by atoms with van der Waals surface area (Å²) >= 11 is 0. The van der Waals surface area contributed by atoms with E-state index in [4.69, 9.17) is 0 Å². The maximum atomic E-state index is 12.2. The van der Waals surface area contributed by atoms with Gasteiger partial charge in [0.2, 0.25) is 0 Å². The van der Waals surface area contributed by atoms with E-state index in [-0.39, 0.29) is 35.9 Å². The lowest BCUT2D eigenvalue weighted by Gasteiger charge is -2.18. The van der Waals surface area contributed by atoms with Gasteiger partial charge in [-0.3, -0.25) is 14.5 Å². The number of hydrogen-bond acceptors (Lipinski definition) is 3. The standard InChI is InChI=1S/C22H34N6O.HI/c1-7-23-22(26-16(3)14-20-17(4)27-28(6)18(20)5)25-12-11-24-21(29)19-10-8-9-15(2)13-19;/h8-10,13,16H,7,11-12,14H2,1-6H3,(H,24,29)(H2,23,25,26);1H. The van der Waals surface area contributed by atoms with Gasteiger partial charge in [0.25, 0.3) is 5.91 Å². The van der Waals surface area contributed by atoms with Crippen molar-refractivity contribution in [1.82, 2.24) is 25.7 Å². The molecule has 2 rings (SSSR count). The third-order valence-corrected chi connectivity index (χ3v) is 4.84. The molecule has 2 aromatic rings. The second kappa shape index (κ2) is 12.6. The summed E-state index contributed by atoms with van der Waals surface area (Å²) in [7, 11) is 1.97. The van der Waals surface area contributed by atoms with E-state index in [2.05, 4.69) is 39.9 Å². The monoisotopic (exact) mass is 526 g/mol. The second-order valence-electron chi connectivity index (χ2n) is 7.41. The number of aliphatic imine (C=N–C) groups is 1. The van der Waals surface area contributed by atoms with Gasteiger partial charge < -0.3 is 16.0 Å². The zero-order chi connectivity index (χ0) is 21.4. The number of hydrogen-bond donors (Lipinski definition) is 3. The molecule has 30 heavy (non-hydrogen) atoms. The number of amides is 1. The van der Waals surface area contributed by atoms with Gasteiger partial charge in [-0.15, -0.1) is 24.0 Å². The maximum Gasteiger partial charge on any atom is 0.251 e. The van der Waals surface area contributed by atoms with E-state index in [0.717, 1.165) is 30.2 Å². The molecule has 0 aliphatic rings. The summed E-state index contributed by atoms with van der Waals surface area (Å²) < 4.78 is 1.92. The van der Waals surface area contributed by atoms with Crippen LogP contribution in [0.4, 0.5) is 0 Å². The van der Waals surface area contributed by atoms with Crippen molar-refractivity contribution in [2.45, 2.75) is 47.1 Å². The Morgan fingerprint density at radius 3 is 2.57 bits per heavy atom. The van der Waals surface area contributed by atoms with Crippen LogP contribution in [0.3, 0.4) is 0 Å². The molecule has 0 fully saturated rings. The molecule has 0 aliphatic carbocycles. The van der Waals surface area contributed by atoms with Crippen molar-refractivity contribution < 1.29 is 4.79 Å². The van der Waals surface area contributed by atoms with E-state index in [1.807, 2.05) is 56.8 Å². The summed E-state index contributed by atoms with van der Waals surface area (Å²) in [6, 6.07) is 7.78. The number of guanidine groups is 1. The van der Waals surface area contributed by atoms with Gasteiger partial charge in [-0.25, -0.2) is 0 Å². The molecular weight excluding hydrogens is 491 g/mol. The molecule has 7 nitrogen and oxygen atoms in total. The first-order valence-corrected chi connectivity index (χ1v) is 10.2. The fourth-order valence-electron chi connectivity index (χ4n) is 3.25. The molecule has 0 radical (unpaired) electrons. The minimum Gasteiger partial charge on any atom is -0.357 e. The van der Waals surface area contributed by atoms with Gasteiger partial charge in [0, 0.05) is 37.4 Å². The molecule has 1 unspecified atom stereocenters. The average molecular weight is 526 g/mol. The first-order chi connectivity index (χ1) is 13.8. The van der Waals surface area contributed by atoms with Crippen LogP contribution < -0.4 is 16.0 Å². The lowest BCUT2D eigenvalue weighted by molar-refractivity contribution is 0.0954. The van der Waals surface area contributed by atoms with Gasteiger partial charge >= 0.3 is 0 Å². The maximum absolute atomic E-state index is 12.2. The van der Waals surface area contributed by atoms with Crippen molar-refractivity contribution in [2.24, 2.45) is 12.0 Å². The molecule has 1 aromatic carbocycles. The Balaban J connectivity index is 0.00000450. The van der Waals surface area contributed by atoms with Crippen molar-refractivity contribution in [3.8, 4) is 0 Å². The van der Waals surface area contributed by atoms with Crippen molar-refractivity contribution >= 4 is 35.8 Å². The van der Waals surface area contributed by atoms with Crippen LogP contribution in [0.2, 0.25) is 0 Å². The fourth-order valence-corrected chi connectivity index (χ4v) is 3.25. The number of aromatic nitrogens is 2. The van der Waals surface area contributed by atoms with Gasteiger partial charge in [0.15, 0.2) is 5.96 Å². The molecule has 1 amide bonds. The minimum absolute atomic E-state index is 0. The zero-order valence-electron chi connectivity index (χ0n) is 18.9. The van der Waals surface area contributed by atoms with Crippen LogP contribution in [0.5, 0.6) is 0 Å². The van der Waals surface area contributed by atoms with Gasteiger partial charge in [-0.05, 0) is 58.7 Å². The number of benzene rings is 1. The summed E-state index contributed by atoms with van der Waals surface area (Å²) in [5.41, 5.74) is 5.28. The zero-order valence-corrected chi connectivity index (χ0v) is 21.2. The topological polar surface area (TPSA) is 83.3 Å². The van der Waals surface area contributed by atoms with Crippen LogP contribution in [0.25, 0.3) is 0 Å². The molecule has 1 aromatic heterocycles. The van der Waals surface area contributed by atoms with Crippen LogP contribution in [0.1, 0.15) is 46.7 Å². The molecule has 8 heteroatoms. The predicted molar refractivity (Wildman–Crippen MR) is 134 cm³/mol. The Bertz CT molecular complexity index is 861. The number of aryl methyl sites for hydroxylation is 3. The SMILES string of the molecule is CCNC(=NCCNC(=O)c1cccc(C)c1)NC(C)Cc1c(C)nn(C)c1C.I. The van der Waals surface area contributed by atoms with Crippen molar-refractivity contribution in [1.29, 1.82) is 0 Å². The number of carbonyl (C=O) groups excluding carboxylic acids is 1. The molecule has 0 saturated heterocycles. The highest BCUT2D eigenvalue weighted by Gasteiger charge is 2.14. The smallest absolute Gasteiger partial charge is 0.251 e. The summed E-state index contributed by atoms with van der Waals surface area (Å²) in [4.78, 5) is 16.8. The molecule has 0 aliphatic heterocycles. The van der Waals surface area contributed by atoms with E-state index >= 15 is 0 Å². The Morgan fingerprint density at radius 1 is 1.23 bits per heavy atom. The highest BCUT2D eigenvalue weighted by molar-refractivity contribution is 14.0. The van der Waals surface area contributed by atoms with Crippen molar-refractivity contribution in [3.63, 3.8) is 0 Å². The fraction of sp³-hybridized carbons (Fsp3) is 0.500. The largest absolute Gasteiger partial charge is 0.357 e. The van der Waals surface area contributed by atoms with Gasteiger partial charge in [0.05, 0.1) is 12.2 Å². The lowest BCUT2D eigenvalue weighted by Crippen LogP contribution is -2.43. The third kappa shape index (κ3) is 7.62. The summed E-state index contributed by atoms with van der Waals surface area (Å²) in [6.07, 6.45) is 0.875. The molecule has 166 valence electrons. The minimum atomic E-state index is -0.0715. The van der Waals surface area contributed by atoms with E-state index in [1.54, 1.807) is 0 Å². The van der Waals surface area contributed by atoms with Crippen molar-refractivity contribution in [3.05, 3.63) is 52.3 Å². The van der Waals surface area contributed by atoms with E-state index in [9.17, 15) is 4.79 Å². The normalized spacial score (nSPS) is 12.1. The Kier molecular flexibility index (Phi) is 10.9. The lowest BCUT2D eigenvalue weighted by atomic mass is 10.1. The van der Waals surface area contributed by atoms with Crippen LogP contribution in [-0.2, 0) is 13.5 Å².